The van der Waals surface area contributed by atoms with E-state index in [4.69, 9.17) is 0 Å². The van der Waals surface area contributed by atoms with E-state index in [-0.39, 0.29) is 23.5 Å². The van der Waals surface area contributed by atoms with Crippen LogP contribution in [0.4, 0.5) is 16.0 Å². The molecule has 2 aromatic carbocycles. The predicted molar refractivity (Wildman–Crippen MR) is 109 cm³/mol. The Labute approximate surface area is 164 Å². The average molecular weight is 378 g/mol. The fraction of sp³-hybridized carbons (Fsp3) is 0.227. The first-order valence-electron chi connectivity index (χ1n) is 9.15. The number of aromatic nitrogens is 2. The molecule has 0 atom stereocenters. The number of carbonyl (C=O) groups excluding carboxylic acids is 1. The zero-order chi connectivity index (χ0) is 20.1. The van der Waals surface area contributed by atoms with E-state index in [9.17, 15) is 9.18 Å². The lowest BCUT2D eigenvalue weighted by Crippen LogP contribution is -2.32. The molecule has 1 amide bonds. The Morgan fingerprint density at radius 2 is 1.75 bits per heavy atom. The molecule has 0 radical (unpaired) electrons. The zero-order valence-electron chi connectivity index (χ0n) is 16.2. The summed E-state index contributed by atoms with van der Waals surface area (Å²) in [6.45, 7) is 6.60. The first-order valence-corrected chi connectivity index (χ1v) is 9.15. The Hall–Kier alpha value is -3.28. The van der Waals surface area contributed by atoms with Crippen molar-refractivity contribution >= 4 is 17.5 Å². The molecule has 0 saturated heterocycles. The number of benzene rings is 2. The van der Waals surface area contributed by atoms with Gasteiger partial charge in [-0.1, -0.05) is 30.3 Å². The molecule has 3 aromatic rings. The minimum absolute atomic E-state index is 0.148. The highest BCUT2D eigenvalue weighted by Crippen LogP contribution is 2.18. The standard InChI is InChI=1S/C22H23FN4O/c1-15(2)27(14-17-7-5-4-6-8-17)22-24-16(3)13-20(26-22)21(28)25-19-11-9-18(23)10-12-19/h4-13,15H,14H2,1-3H3,(H,25,28). The van der Waals surface area contributed by atoms with Gasteiger partial charge in [0, 0.05) is 24.0 Å². The molecule has 5 nitrogen and oxygen atoms in total. The second-order valence-corrected chi connectivity index (χ2v) is 6.86. The Kier molecular flexibility index (Phi) is 5.99. The number of nitrogens with zero attached hydrogens (tertiary/aromatic N) is 3. The Bertz CT molecular complexity index is 943. The summed E-state index contributed by atoms with van der Waals surface area (Å²) in [6.07, 6.45) is 0. The highest BCUT2D eigenvalue weighted by Gasteiger charge is 2.18. The molecule has 0 fully saturated rings. The number of anilines is 2. The summed E-state index contributed by atoms with van der Waals surface area (Å²) in [5.41, 5.74) is 2.62. The molecule has 6 heteroatoms. The topological polar surface area (TPSA) is 58.1 Å². The summed E-state index contributed by atoms with van der Waals surface area (Å²) in [5.74, 6) is -0.212. The van der Waals surface area contributed by atoms with E-state index in [1.165, 1.54) is 24.3 Å². The van der Waals surface area contributed by atoms with Gasteiger partial charge in [-0.05, 0) is 56.7 Å². The van der Waals surface area contributed by atoms with Crippen molar-refractivity contribution in [2.75, 3.05) is 10.2 Å². The highest BCUT2D eigenvalue weighted by molar-refractivity contribution is 6.03. The van der Waals surface area contributed by atoms with Gasteiger partial charge in [0.2, 0.25) is 5.95 Å². The van der Waals surface area contributed by atoms with Gasteiger partial charge >= 0.3 is 0 Å². The molecule has 0 bridgehead atoms. The summed E-state index contributed by atoms with van der Waals surface area (Å²) in [5, 5.41) is 2.74. The van der Waals surface area contributed by atoms with E-state index in [0.717, 1.165) is 5.56 Å². The summed E-state index contributed by atoms with van der Waals surface area (Å²) < 4.78 is 13.1. The molecule has 1 aromatic heterocycles. The van der Waals surface area contributed by atoms with E-state index in [1.807, 2.05) is 37.3 Å². The van der Waals surface area contributed by atoms with Crippen LogP contribution < -0.4 is 10.2 Å². The predicted octanol–water partition coefficient (Wildman–Crippen LogP) is 4.59. The van der Waals surface area contributed by atoms with Crippen molar-refractivity contribution in [1.29, 1.82) is 0 Å². The van der Waals surface area contributed by atoms with Crippen molar-refractivity contribution < 1.29 is 9.18 Å². The van der Waals surface area contributed by atoms with Crippen LogP contribution in [0.5, 0.6) is 0 Å². The maximum absolute atomic E-state index is 13.1. The van der Waals surface area contributed by atoms with Crippen LogP contribution in [-0.4, -0.2) is 21.9 Å². The highest BCUT2D eigenvalue weighted by atomic mass is 19.1. The Balaban J connectivity index is 1.86. The maximum atomic E-state index is 13.1. The van der Waals surface area contributed by atoms with Gasteiger partial charge in [0.15, 0.2) is 0 Å². The normalized spacial score (nSPS) is 10.8. The molecule has 28 heavy (non-hydrogen) atoms. The third-order valence-corrected chi connectivity index (χ3v) is 4.25. The lowest BCUT2D eigenvalue weighted by molar-refractivity contribution is 0.102. The lowest BCUT2D eigenvalue weighted by Gasteiger charge is -2.27. The first-order chi connectivity index (χ1) is 13.4. The van der Waals surface area contributed by atoms with E-state index in [2.05, 4.69) is 34.0 Å². The van der Waals surface area contributed by atoms with Crippen LogP contribution in [-0.2, 0) is 6.54 Å². The SMILES string of the molecule is Cc1cc(C(=O)Nc2ccc(F)cc2)nc(N(Cc2ccccc2)C(C)C)n1. The van der Waals surface area contributed by atoms with Crippen LogP contribution in [0.15, 0.2) is 60.7 Å². The molecule has 144 valence electrons. The molecule has 0 aliphatic carbocycles. The number of hydrogen-bond acceptors (Lipinski definition) is 4. The minimum atomic E-state index is -0.359. The summed E-state index contributed by atoms with van der Waals surface area (Å²) in [6, 6.07) is 17.5. The molecule has 0 aliphatic heterocycles. The molecular formula is C22H23FN4O. The number of carbonyl (C=O) groups is 1. The van der Waals surface area contributed by atoms with Gasteiger partial charge in [0.05, 0.1) is 0 Å². The number of rotatable bonds is 6. The van der Waals surface area contributed by atoms with Gasteiger partial charge in [-0.3, -0.25) is 4.79 Å². The van der Waals surface area contributed by atoms with E-state index in [1.54, 1.807) is 6.07 Å². The minimum Gasteiger partial charge on any atom is -0.334 e. The fourth-order valence-electron chi connectivity index (χ4n) is 2.79. The second-order valence-electron chi connectivity index (χ2n) is 6.86. The van der Waals surface area contributed by atoms with Crippen LogP contribution in [0.1, 0.15) is 35.6 Å². The molecule has 0 spiro atoms. The van der Waals surface area contributed by atoms with Crippen LogP contribution in [0.2, 0.25) is 0 Å². The Morgan fingerprint density at radius 1 is 1.07 bits per heavy atom. The maximum Gasteiger partial charge on any atom is 0.274 e. The van der Waals surface area contributed by atoms with Gasteiger partial charge in [-0.2, -0.15) is 0 Å². The molecule has 0 unspecified atom stereocenters. The zero-order valence-corrected chi connectivity index (χ0v) is 16.2. The monoisotopic (exact) mass is 378 g/mol. The number of halogens is 1. The van der Waals surface area contributed by atoms with Crippen molar-refractivity contribution in [3.8, 4) is 0 Å². The average Bonchev–Trinajstić information content (AvgIpc) is 2.68. The number of nitrogens with one attached hydrogen (secondary N) is 1. The summed E-state index contributed by atoms with van der Waals surface area (Å²) >= 11 is 0. The van der Waals surface area contributed by atoms with Crippen LogP contribution in [0, 0.1) is 12.7 Å². The van der Waals surface area contributed by atoms with E-state index in [0.29, 0.717) is 23.9 Å². The first kappa shape index (κ1) is 19.5. The van der Waals surface area contributed by atoms with Crippen molar-refractivity contribution in [1.82, 2.24) is 9.97 Å². The van der Waals surface area contributed by atoms with Crippen molar-refractivity contribution in [2.45, 2.75) is 33.4 Å². The quantitative estimate of drug-likeness (QED) is 0.681. The van der Waals surface area contributed by atoms with Gasteiger partial charge in [-0.25, -0.2) is 14.4 Å². The molecule has 1 heterocycles. The van der Waals surface area contributed by atoms with Gasteiger partial charge < -0.3 is 10.2 Å². The fourth-order valence-corrected chi connectivity index (χ4v) is 2.79. The van der Waals surface area contributed by atoms with Gasteiger partial charge in [0.25, 0.3) is 5.91 Å². The second kappa shape index (κ2) is 8.61. The van der Waals surface area contributed by atoms with Crippen molar-refractivity contribution in [2.24, 2.45) is 0 Å². The molecule has 0 saturated carbocycles. The van der Waals surface area contributed by atoms with E-state index < -0.39 is 0 Å². The number of aryl methyl sites for hydroxylation is 1. The number of amides is 1. The van der Waals surface area contributed by atoms with Crippen molar-refractivity contribution in [3.05, 3.63) is 83.4 Å². The molecular weight excluding hydrogens is 355 g/mol. The van der Waals surface area contributed by atoms with Gasteiger partial charge in [-0.15, -0.1) is 0 Å². The lowest BCUT2D eigenvalue weighted by atomic mass is 10.2. The van der Waals surface area contributed by atoms with Crippen LogP contribution in [0.3, 0.4) is 0 Å². The molecule has 3 rings (SSSR count). The summed E-state index contributed by atoms with van der Waals surface area (Å²) in [4.78, 5) is 23.7. The third kappa shape index (κ3) is 4.91. The van der Waals surface area contributed by atoms with Crippen molar-refractivity contribution in [3.63, 3.8) is 0 Å². The van der Waals surface area contributed by atoms with Gasteiger partial charge in [0.1, 0.15) is 11.5 Å². The molecule has 1 N–H and O–H groups in total. The summed E-state index contributed by atoms with van der Waals surface area (Å²) in [7, 11) is 0. The van der Waals surface area contributed by atoms with Crippen LogP contribution in [0.25, 0.3) is 0 Å². The van der Waals surface area contributed by atoms with Crippen LogP contribution >= 0.6 is 0 Å². The Morgan fingerprint density at radius 3 is 2.39 bits per heavy atom. The number of hydrogen-bond donors (Lipinski definition) is 1. The molecule has 0 aliphatic rings. The largest absolute Gasteiger partial charge is 0.334 e. The smallest absolute Gasteiger partial charge is 0.274 e. The van der Waals surface area contributed by atoms with E-state index >= 15 is 0 Å². The third-order valence-electron chi connectivity index (χ3n) is 4.25.